The van der Waals surface area contributed by atoms with Crippen LogP contribution in [0.3, 0.4) is 0 Å². The topological polar surface area (TPSA) is 33.1 Å². The fraction of sp³-hybridized carbons (Fsp3) is 0. The molecule has 13 heavy (non-hydrogen) atoms. The Balaban J connectivity index is 2.73. The first kappa shape index (κ1) is 7.80. The van der Waals surface area contributed by atoms with E-state index in [0.29, 0.717) is 0 Å². The average molecular weight is 171 g/mol. The van der Waals surface area contributed by atoms with Gasteiger partial charge in [0.1, 0.15) is 5.75 Å². The molecule has 2 heteroatoms. The summed E-state index contributed by atoms with van der Waals surface area (Å²) < 4.78 is 0. The molecule has 0 aliphatic rings. The zero-order valence-corrected chi connectivity index (χ0v) is 7.07. The average Bonchev–Trinajstić information content (AvgIpc) is 2.17. The molecule has 2 aromatic rings. The highest BCUT2D eigenvalue weighted by molar-refractivity contribution is 5.84. The summed E-state index contributed by atoms with van der Waals surface area (Å²) in [6, 6.07) is 7.14. The van der Waals surface area contributed by atoms with Gasteiger partial charge in [0, 0.05) is 11.6 Å². The van der Waals surface area contributed by atoms with Crippen molar-refractivity contribution in [2.45, 2.75) is 0 Å². The monoisotopic (exact) mass is 171 g/mol. The highest BCUT2D eigenvalue weighted by Gasteiger charge is 1.95. The van der Waals surface area contributed by atoms with Gasteiger partial charge < -0.3 is 5.11 Å². The first-order chi connectivity index (χ1) is 6.29. The van der Waals surface area contributed by atoms with Crippen LogP contribution in [0.5, 0.6) is 5.75 Å². The van der Waals surface area contributed by atoms with Gasteiger partial charge in [-0.05, 0) is 29.7 Å². The molecule has 0 amide bonds. The second-order valence-corrected chi connectivity index (χ2v) is 2.84. The molecule has 0 fully saturated rings. The Kier molecular flexibility index (Phi) is 1.74. The van der Waals surface area contributed by atoms with Crippen LogP contribution in [0.2, 0.25) is 0 Å². The van der Waals surface area contributed by atoms with Crippen molar-refractivity contribution < 1.29 is 5.11 Å². The third kappa shape index (κ3) is 1.38. The van der Waals surface area contributed by atoms with Crippen LogP contribution >= 0.6 is 0 Å². The molecule has 0 unspecified atom stereocenters. The Morgan fingerprint density at radius 1 is 1.23 bits per heavy atom. The van der Waals surface area contributed by atoms with Crippen molar-refractivity contribution in [2.75, 3.05) is 0 Å². The maximum absolute atomic E-state index is 9.21. The lowest BCUT2D eigenvalue weighted by Gasteiger charge is -1.99. The van der Waals surface area contributed by atoms with Crippen LogP contribution in [-0.4, -0.2) is 10.1 Å². The largest absolute Gasteiger partial charge is 0.508 e. The predicted octanol–water partition coefficient (Wildman–Crippen LogP) is 2.58. The van der Waals surface area contributed by atoms with Crippen molar-refractivity contribution in [3.8, 4) is 5.75 Å². The van der Waals surface area contributed by atoms with Gasteiger partial charge in [0.2, 0.25) is 0 Å². The molecule has 0 aliphatic carbocycles. The lowest BCUT2D eigenvalue weighted by Crippen LogP contribution is -1.80. The van der Waals surface area contributed by atoms with E-state index in [0.717, 1.165) is 16.5 Å². The van der Waals surface area contributed by atoms with E-state index >= 15 is 0 Å². The van der Waals surface area contributed by atoms with Gasteiger partial charge in [-0.1, -0.05) is 12.6 Å². The predicted molar refractivity (Wildman–Crippen MR) is 53.5 cm³/mol. The summed E-state index contributed by atoms with van der Waals surface area (Å²) in [4.78, 5) is 4.14. The summed E-state index contributed by atoms with van der Waals surface area (Å²) in [6.07, 6.45) is 3.43. The van der Waals surface area contributed by atoms with E-state index in [9.17, 15) is 5.11 Å². The molecule has 0 saturated carbocycles. The number of aromatic nitrogens is 1. The van der Waals surface area contributed by atoms with Gasteiger partial charge >= 0.3 is 0 Å². The number of fused-ring (bicyclic) bond motifs is 1. The van der Waals surface area contributed by atoms with Crippen molar-refractivity contribution in [2.24, 2.45) is 0 Å². The van der Waals surface area contributed by atoms with Gasteiger partial charge in [-0.15, -0.1) is 0 Å². The van der Waals surface area contributed by atoms with Gasteiger partial charge in [-0.3, -0.25) is 4.98 Å². The van der Waals surface area contributed by atoms with E-state index in [4.69, 9.17) is 0 Å². The summed E-state index contributed by atoms with van der Waals surface area (Å²) in [5.41, 5.74) is 0.846. The third-order valence-corrected chi connectivity index (χ3v) is 1.94. The highest BCUT2D eigenvalue weighted by Crippen LogP contribution is 2.19. The van der Waals surface area contributed by atoms with Crippen molar-refractivity contribution in [1.82, 2.24) is 4.98 Å². The van der Waals surface area contributed by atoms with Gasteiger partial charge in [-0.2, -0.15) is 0 Å². The first-order valence-electron chi connectivity index (χ1n) is 4.01. The smallest absolute Gasteiger partial charge is 0.116 e. The number of hydrogen-bond acceptors (Lipinski definition) is 2. The minimum Gasteiger partial charge on any atom is -0.508 e. The summed E-state index contributed by atoms with van der Waals surface area (Å²) >= 11 is 0. The van der Waals surface area contributed by atoms with Crippen molar-refractivity contribution >= 4 is 16.8 Å². The van der Waals surface area contributed by atoms with E-state index in [1.54, 1.807) is 24.4 Å². The third-order valence-electron chi connectivity index (χ3n) is 1.94. The molecule has 0 atom stereocenters. The van der Waals surface area contributed by atoms with Crippen LogP contribution in [0.1, 0.15) is 5.69 Å². The molecule has 0 radical (unpaired) electrons. The molecule has 0 bridgehead atoms. The quantitative estimate of drug-likeness (QED) is 0.715. The van der Waals surface area contributed by atoms with Crippen LogP contribution in [0.25, 0.3) is 16.8 Å². The number of rotatable bonds is 1. The molecule has 1 N–H and O–H groups in total. The summed E-state index contributed by atoms with van der Waals surface area (Å²) in [6.45, 7) is 3.64. The summed E-state index contributed by atoms with van der Waals surface area (Å²) in [5.74, 6) is 0.264. The number of phenolic OH excluding ortho intramolecular Hbond substituents is 1. The molecular formula is C11H9NO. The number of pyridine rings is 1. The van der Waals surface area contributed by atoms with Crippen molar-refractivity contribution in [3.63, 3.8) is 0 Å². The van der Waals surface area contributed by atoms with Crippen LogP contribution < -0.4 is 0 Å². The van der Waals surface area contributed by atoms with Crippen LogP contribution in [0, 0.1) is 0 Å². The summed E-state index contributed by atoms with van der Waals surface area (Å²) in [5, 5.41) is 11.2. The Morgan fingerprint density at radius 3 is 2.85 bits per heavy atom. The van der Waals surface area contributed by atoms with Gasteiger partial charge in [-0.25, -0.2) is 0 Å². The molecule has 1 aromatic carbocycles. The molecule has 1 heterocycles. The van der Waals surface area contributed by atoms with E-state index in [1.807, 2.05) is 12.1 Å². The molecule has 0 aliphatic heterocycles. The van der Waals surface area contributed by atoms with Gasteiger partial charge in [0.15, 0.2) is 0 Å². The normalized spacial score (nSPS) is 10.2. The van der Waals surface area contributed by atoms with E-state index < -0.39 is 0 Å². The van der Waals surface area contributed by atoms with Crippen LogP contribution in [0.4, 0.5) is 0 Å². The fourth-order valence-corrected chi connectivity index (χ4v) is 1.26. The number of phenols is 1. The van der Waals surface area contributed by atoms with Crippen molar-refractivity contribution in [3.05, 3.63) is 42.7 Å². The standard InChI is InChI=1S/C11H9NO/c1-2-10-5-8-3-4-11(13)6-9(8)7-12-10/h2-7,13H,1H2. The SMILES string of the molecule is C=Cc1cc2ccc(O)cc2cn1. The first-order valence-corrected chi connectivity index (χ1v) is 4.01. The van der Waals surface area contributed by atoms with Gasteiger partial charge in [0.05, 0.1) is 5.69 Å². The second kappa shape index (κ2) is 2.90. The minimum absolute atomic E-state index is 0.264. The number of aromatic hydroxyl groups is 1. The molecule has 64 valence electrons. The minimum atomic E-state index is 0.264. The summed E-state index contributed by atoms with van der Waals surface area (Å²) in [7, 11) is 0. The second-order valence-electron chi connectivity index (χ2n) is 2.84. The fourth-order valence-electron chi connectivity index (χ4n) is 1.26. The van der Waals surface area contributed by atoms with E-state index in [-0.39, 0.29) is 5.75 Å². The van der Waals surface area contributed by atoms with Gasteiger partial charge in [0.25, 0.3) is 0 Å². The molecule has 2 nitrogen and oxygen atoms in total. The Hall–Kier alpha value is -1.83. The lowest BCUT2D eigenvalue weighted by molar-refractivity contribution is 0.476. The lowest BCUT2D eigenvalue weighted by atomic mass is 10.1. The number of hydrogen-bond donors (Lipinski definition) is 1. The van der Waals surface area contributed by atoms with Crippen LogP contribution in [0.15, 0.2) is 37.0 Å². The molecule has 2 rings (SSSR count). The molecule has 0 spiro atoms. The van der Waals surface area contributed by atoms with Crippen molar-refractivity contribution in [1.29, 1.82) is 0 Å². The zero-order valence-electron chi connectivity index (χ0n) is 7.07. The van der Waals surface area contributed by atoms with Crippen LogP contribution in [-0.2, 0) is 0 Å². The van der Waals surface area contributed by atoms with E-state index in [2.05, 4.69) is 11.6 Å². The zero-order chi connectivity index (χ0) is 9.26. The molecule has 1 aromatic heterocycles. The maximum Gasteiger partial charge on any atom is 0.116 e. The Labute approximate surface area is 76.2 Å². The van der Waals surface area contributed by atoms with E-state index in [1.165, 1.54) is 0 Å². The highest BCUT2D eigenvalue weighted by atomic mass is 16.3. The maximum atomic E-state index is 9.21. The Bertz CT molecular complexity index is 463. The Morgan fingerprint density at radius 2 is 2.08 bits per heavy atom. The number of benzene rings is 1. The number of nitrogens with zero attached hydrogens (tertiary/aromatic N) is 1. The molecular weight excluding hydrogens is 162 g/mol. The molecule has 0 saturated heterocycles.